The fourth-order valence-electron chi connectivity index (χ4n) is 1.61. The van der Waals surface area contributed by atoms with Crippen molar-refractivity contribution >= 4 is 40.7 Å². The van der Waals surface area contributed by atoms with E-state index < -0.39 is 0 Å². The molecule has 0 saturated carbocycles. The average molecular weight is 286 g/mol. The minimum Gasteiger partial charge on any atom is -0.266 e. The number of nitrogens with zero attached hydrogens (tertiary/aromatic N) is 2. The predicted molar refractivity (Wildman–Crippen MR) is 79.5 cm³/mol. The molecule has 3 aromatic rings. The summed E-state index contributed by atoms with van der Waals surface area (Å²) in [6.45, 7) is 0. The summed E-state index contributed by atoms with van der Waals surface area (Å²) in [6.07, 6.45) is 5.59. The molecule has 0 spiro atoms. The van der Waals surface area contributed by atoms with Crippen LogP contribution in [-0.4, -0.2) is 15.7 Å². The zero-order chi connectivity index (χ0) is 13.1. The number of rotatable bonds is 3. The van der Waals surface area contributed by atoms with Crippen molar-refractivity contribution in [2.75, 3.05) is 0 Å². The van der Waals surface area contributed by atoms with Gasteiger partial charge in [-0.1, -0.05) is 12.1 Å². The Balaban J connectivity index is 1.78. The van der Waals surface area contributed by atoms with Gasteiger partial charge in [0.2, 0.25) is 0 Å². The van der Waals surface area contributed by atoms with Crippen LogP contribution in [-0.2, 0) is 0 Å². The maximum absolute atomic E-state index is 12.0. The van der Waals surface area contributed by atoms with Crippen molar-refractivity contribution in [1.82, 2.24) is 9.78 Å². The molecule has 0 aromatic carbocycles. The van der Waals surface area contributed by atoms with Crippen LogP contribution in [0.25, 0.3) is 12.2 Å². The molecule has 0 radical (unpaired) electrons. The molecule has 0 aliphatic rings. The van der Waals surface area contributed by atoms with Gasteiger partial charge in [0.15, 0.2) is 0 Å². The molecule has 19 heavy (non-hydrogen) atoms. The lowest BCUT2D eigenvalue weighted by Gasteiger charge is -1.95. The van der Waals surface area contributed by atoms with Gasteiger partial charge in [0.1, 0.15) is 0 Å². The first-order valence-electron chi connectivity index (χ1n) is 5.68. The number of carbonyl (C=O) groups is 1. The Bertz CT molecular complexity index is 694. The third-order valence-corrected chi connectivity index (χ3v) is 4.21. The lowest BCUT2D eigenvalue weighted by atomic mass is 10.3. The molecule has 0 N–H and O–H groups in total. The van der Waals surface area contributed by atoms with Crippen molar-refractivity contribution in [3.05, 3.63) is 62.7 Å². The van der Waals surface area contributed by atoms with Gasteiger partial charge in [0.25, 0.3) is 5.91 Å². The maximum Gasteiger partial charge on any atom is 0.288 e. The van der Waals surface area contributed by atoms with Crippen LogP contribution in [0.2, 0.25) is 0 Å². The Kier molecular flexibility index (Phi) is 3.39. The van der Waals surface area contributed by atoms with Gasteiger partial charge in [-0.05, 0) is 41.1 Å². The van der Waals surface area contributed by atoms with Gasteiger partial charge < -0.3 is 0 Å². The second kappa shape index (κ2) is 5.34. The van der Waals surface area contributed by atoms with Crippen LogP contribution >= 0.6 is 22.7 Å². The van der Waals surface area contributed by atoms with Gasteiger partial charge in [-0.15, -0.1) is 22.7 Å². The molecular weight excluding hydrogens is 276 g/mol. The number of thiophene rings is 2. The van der Waals surface area contributed by atoms with Crippen molar-refractivity contribution in [1.29, 1.82) is 0 Å². The van der Waals surface area contributed by atoms with Crippen molar-refractivity contribution in [3.8, 4) is 0 Å². The summed E-state index contributed by atoms with van der Waals surface area (Å²) in [5.74, 6) is -0.0919. The molecule has 94 valence electrons. The summed E-state index contributed by atoms with van der Waals surface area (Å²) in [7, 11) is 0. The molecule has 0 fully saturated rings. The summed E-state index contributed by atoms with van der Waals surface area (Å²) < 4.78 is 1.37. The molecule has 3 heterocycles. The second-order valence-electron chi connectivity index (χ2n) is 3.82. The highest BCUT2D eigenvalue weighted by Crippen LogP contribution is 2.14. The van der Waals surface area contributed by atoms with Gasteiger partial charge in [0, 0.05) is 11.1 Å². The molecule has 0 atom stereocenters. The van der Waals surface area contributed by atoms with Crippen LogP contribution in [0.5, 0.6) is 0 Å². The van der Waals surface area contributed by atoms with E-state index in [0.29, 0.717) is 4.88 Å². The van der Waals surface area contributed by atoms with Crippen molar-refractivity contribution in [2.24, 2.45) is 0 Å². The molecule has 5 heteroatoms. The van der Waals surface area contributed by atoms with Gasteiger partial charge in [-0.2, -0.15) is 5.10 Å². The smallest absolute Gasteiger partial charge is 0.266 e. The van der Waals surface area contributed by atoms with E-state index in [0.717, 1.165) is 5.69 Å². The largest absolute Gasteiger partial charge is 0.288 e. The monoisotopic (exact) mass is 286 g/mol. The predicted octanol–water partition coefficient (Wildman–Crippen LogP) is 3.87. The number of aromatic nitrogens is 2. The normalized spacial score (nSPS) is 11.2. The molecule has 3 nitrogen and oxygen atoms in total. The standard InChI is InChI=1S/C14H10N2OS2/c17-14(13-4-2-10-19-13)16-8-7-11(15-16)5-6-12-3-1-9-18-12/h1-10H. The quantitative estimate of drug-likeness (QED) is 0.732. The van der Waals surface area contributed by atoms with Crippen molar-refractivity contribution < 1.29 is 4.79 Å². The summed E-state index contributed by atoms with van der Waals surface area (Å²) in [5.41, 5.74) is 0.776. The van der Waals surface area contributed by atoms with Crippen molar-refractivity contribution in [3.63, 3.8) is 0 Å². The van der Waals surface area contributed by atoms with Crippen LogP contribution in [0, 0.1) is 0 Å². The highest BCUT2D eigenvalue weighted by Gasteiger charge is 2.09. The average Bonchev–Trinajstić information content (AvgIpc) is 3.16. The Hall–Kier alpha value is -1.98. The lowest BCUT2D eigenvalue weighted by Crippen LogP contribution is -2.10. The van der Waals surface area contributed by atoms with E-state index in [9.17, 15) is 4.79 Å². The summed E-state index contributed by atoms with van der Waals surface area (Å²) in [4.78, 5) is 13.9. The minimum absolute atomic E-state index is 0.0919. The van der Waals surface area contributed by atoms with Gasteiger partial charge in [-0.3, -0.25) is 4.79 Å². The molecule has 0 aliphatic carbocycles. The van der Waals surface area contributed by atoms with E-state index in [4.69, 9.17) is 0 Å². The molecule has 0 amide bonds. The second-order valence-corrected chi connectivity index (χ2v) is 5.74. The first kappa shape index (κ1) is 12.1. The molecule has 0 bridgehead atoms. The van der Waals surface area contributed by atoms with Crippen LogP contribution in [0.3, 0.4) is 0 Å². The topological polar surface area (TPSA) is 34.9 Å². The zero-order valence-electron chi connectivity index (χ0n) is 9.89. The Morgan fingerprint density at radius 1 is 1.11 bits per heavy atom. The molecular formula is C14H10N2OS2. The van der Waals surface area contributed by atoms with Gasteiger partial charge in [0.05, 0.1) is 10.6 Å². The lowest BCUT2D eigenvalue weighted by molar-refractivity contribution is 0.0949. The molecule has 3 rings (SSSR count). The first-order valence-corrected chi connectivity index (χ1v) is 7.44. The molecule has 0 unspecified atom stereocenters. The fraction of sp³-hybridized carbons (Fsp3) is 0. The van der Waals surface area contributed by atoms with E-state index >= 15 is 0 Å². The van der Waals surface area contributed by atoms with Crippen LogP contribution in [0.4, 0.5) is 0 Å². The molecule has 0 saturated heterocycles. The van der Waals surface area contributed by atoms with E-state index in [-0.39, 0.29) is 5.91 Å². The van der Waals surface area contributed by atoms with Crippen LogP contribution in [0.1, 0.15) is 20.2 Å². The first-order chi connectivity index (χ1) is 9.33. The summed E-state index contributed by atoms with van der Waals surface area (Å²) in [6, 6.07) is 9.53. The minimum atomic E-state index is -0.0919. The van der Waals surface area contributed by atoms with Crippen LogP contribution in [0.15, 0.2) is 47.3 Å². The summed E-state index contributed by atoms with van der Waals surface area (Å²) in [5, 5.41) is 8.17. The SMILES string of the molecule is O=C(c1cccs1)n1ccc(C=Cc2cccs2)n1. The highest BCUT2D eigenvalue weighted by molar-refractivity contribution is 7.12. The van der Waals surface area contributed by atoms with E-state index in [1.807, 2.05) is 47.2 Å². The van der Waals surface area contributed by atoms with Crippen molar-refractivity contribution in [2.45, 2.75) is 0 Å². The number of hydrogen-bond donors (Lipinski definition) is 0. The van der Waals surface area contributed by atoms with Gasteiger partial charge >= 0.3 is 0 Å². The van der Waals surface area contributed by atoms with Gasteiger partial charge in [-0.25, -0.2) is 4.68 Å². The third-order valence-electron chi connectivity index (χ3n) is 2.51. The third kappa shape index (κ3) is 2.72. The molecule has 3 aromatic heterocycles. The number of hydrogen-bond acceptors (Lipinski definition) is 4. The number of carbonyl (C=O) groups excluding carboxylic acids is 1. The maximum atomic E-state index is 12.0. The Labute approximate surface area is 118 Å². The molecule has 0 aliphatic heterocycles. The highest BCUT2D eigenvalue weighted by atomic mass is 32.1. The Morgan fingerprint density at radius 3 is 2.68 bits per heavy atom. The fourth-order valence-corrected chi connectivity index (χ4v) is 2.88. The van der Waals surface area contributed by atoms with E-state index in [2.05, 4.69) is 5.10 Å². The van der Waals surface area contributed by atoms with Crippen LogP contribution < -0.4 is 0 Å². The zero-order valence-corrected chi connectivity index (χ0v) is 11.5. The van der Waals surface area contributed by atoms with E-state index in [1.165, 1.54) is 20.9 Å². The Morgan fingerprint density at radius 2 is 1.95 bits per heavy atom. The summed E-state index contributed by atoms with van der Waals surface area (Å²) >= 11 is 3.09. The van der Waals surface area contributed by atoms with E-state index in [1.54, 1.807) is 23.6 Å².